The molecule has 1 aromatic carbocycles. The van der Waals surface area contributed by atoms with Crippen LogP contribution in [0.2, 0.25) is 0 Å². The Morgan fingerprint density at radius 1 is 1.43 bits per heavy atom. The Kier molecular flexibility index (Phi) is 6.88. The molecule has 0 spiro atoms. The summed E-state index contributed by atoms with van der Waals surface area (Å²) in [5.41, 5.74) is 0.365. The molecule has 0 saturated carbocycles. The number of hydrogen-bond acceptors (Lipinski definition) is 5. The van der Waals surface area contributed by atoms with E-state index in [1.165, 1.54) is 12.1 Å². The summed E-state index contributed by atoms with van der Waals surface area (Å²) >= 11 is 1.68. The largest absolute Gasteiger partial charge is 0.348 e. The third kappa shape index (κ3) is 5.49. The van der Waals surface area contributed by atoms with E-state index in [0.29, 0.717) is 12.1 Å². The second-order valence-corrected chi connectivity index (χ2v) is 8.19. The van der Waals surface area contributed by atoms with Gasteiger partial charge < -0.3 is 10.6 Å². The first-order valence-electron chi connectivity index (χ1n) is 7.63. The highest BCUT2D eigenvalue weighted by Crippen LogP contribution is 2.12. The molecule has 8 heteroatoms. The molecule has 1 unspecified atom stereocenters. The molecular formula is C15H23N3O3S2. The highest BCUT2D eigenvalue weighted by atomic mass is 32.2. The molecule has 1 atom stereocenters. The number of sulfonamides is 1. The van der Waals surface area contributed by atoms with E-state index in [1.807, 2.05) is 6.26 Å². The zero-order valence-corrected chi connectivity index (χ0v) is 14.8. The highest BCUT2D eigenvalue weighted by molar-refractivity contribution is 7.98. The minimum absolute atomic E-state index is 0.104. The molecule has 6 nitrogen and oxygen atoms in total. The molecule has 1 amide bonds. The van der Waals surface area contributed by atoms with Crippen molar-refractivity contribution in [2.45, 2.75) is 23.8 Å². The van der Waals surface area contributed by atoms with Crippen LogP contribution in [0.3, 0.4) is 0 Å². The maximum atomic E-state index is 12.3. The van der Waals surface area contributed by atoms with Gasteiger partial charge in [0, 0.05) is 24.7 Å². The minimum atomic E-state index is -3.58. The molecule has 1 heterocycles. The predicted molar refractivity (Wildman–Crippen MR) is 93.4 cm³/mol. The minimum Gasteiger partial charge on any atom is -0.348 e. The number of rotatable bonds is 8. The summed E-state index contributed by atoms with van der Waals surface area (Å²) in [5.74, 6) is 0.665. The van der Waals surface area contributed by atoms with Gasteiger partial charge in [0.2, 0.25) is 10.0 Å². The smallest absolute Gasteiger partial charge is 0.251 e. The van der Waals surface area contributed by atoms with Crippen LogP contribution >= 0.6 is 11.8 Å². The lowest BCUT2D eigenvalue weighted by atomic mass is 10.2. The Hall–Kier alpha value is -1.09. The molecule has 3 N–H and O–H groups in total. The first-order chi connectivity index (χ1) is 11.0. The summed E-state index contributed by atoms with van der Waals surface area (Å²) in [7, 11) is -3.58. The van der Waals surface area contributed by atoms with Crippen molar-refractivity contribution in [3.63, 3.8) is 0 Å². The molecule has 0 radical (unpaired) electrons. The average Bonchev–Trinajstić information content (AvgIpc) is 3.05. The molecule has 1 aliphatic rings. The fourth-order valence-electron chi connectivity index (χ4n) is 2.36. The summed E-state index contributed by atoms with van der Waals surface area (Å²) in [6, 6.07) is 6.26. The maximum Gasteiger partial charge on any atom is 0.251 e. The van der Waals surface area contributed by atoms with Gasteiger partial charge >= 0.3 is 0 Å². The van der Waals surface area contributed by atoms with E-state index in [-0.39, 0.29) is 16.8 Å². The Labute approximate surface area is 141 Å². The standard InChI is InChI=1S/C15H23N3O3S2/c1-22-9-3-7-17-23(20,21)14-5-2-4-12(10-14)15(19)18-13-6-8-16-11-13/h2,4-5,10,13,16-17H,3,6-9,11H2,1H3,(H,18,19). The lowest BCUT2D eigenvalue weighted by Crippen LogP contribution is -2.36. The Morgan fingerprint density at radius 3 is 2.96 bits per heavy atom. The van der Waals surface area contributed by atoms with Crippen LogP contribution in [0.25, 0.3) is 0 Å². The molecule has 0 bridgehead atoms. The van der Waals surface area contributed by atoms with Gasteiger partial charge in [0.05, 0.1) is 4.90 Å². The summed E-state index contributed by atoms with van der Waals surface area (Å²) in [6.45, 7) is 2.04. The molecule has 1 fully saturated rings. The van der Waals surface area contributed by atoms with Crippen molar-refractivity contribution >= 4 is 27.7 Å². The van der Waals surface area contributed by atoms with E-state index in [0.717, 1.165) is 31.7 Å². The van der Waals surface area contributed by atoms with E-state index in [1.54, 1.807) is 23.9 Å². The van der Waals surface area contributed by atoms with Gasteiger partial charge in [-0.15, -0.1) is 0 Å². The van der Waals surface area contributed by atoms with E-state index >= 15 is 0 Å². The molecule has 1 aromatic rings. The van der Waals surface area contributed by atoms with Gasteiger partial charge in [-0.25, -0.2) is 13.1 Å². The van der Waals surface area contributed by atoms with Crippen molar-refractivity contribution < 1.29 is 13.2 Å². The topological polar surface area (TPSA) is 87.3 Å². The number of carbonyl (C=O) groups is 1. The van der Waals surface area contributed by atoms with Crippen LogP contribution in [0.5, 0.6) is 0 Å². The van der Waals surface area contributed by atoms with Gasteiger partial charge in [-0.1, -0.05) is 6.07 Å². The SMILES string of the molecule is CSCCCNS(=O)(=O)c1cccc(C(=O)NC2CCNC2)c1. The van der Waals surface area contributed by atoms with Crippen LogP contribution in [0.4, 0.5) is 0 Å². The third-order valence-electron chi connectivity index (χ3n) is 3.62. The molecule has 2 rings (SSSR count). The second-order valence-electron chi connectivity index (χ2n) is 5.44. The fourth-order valence-corrected chi connectivity index (χ4v) is 3.91. The number of carbonyl (C=O) groups excluding carboxylic acids is 1. The highest BCUT2D eigenvalue weighted by Gasteiger charge is 2.19. The van der Waals surface area contributed by atoms with Crippen molar-refractivity contribution in [1.82, 2.24) is 15.4 Å². The molecule has 1 aliphatic heterocycles. The lowest BCUT2D eigenvalue weighted by molar-refractivity contribution is 0.0940. The summed E-state index contributed by atoms with van der Waals surface area (Å²) in [4.78, 5) is 12.3. The van der Waals surface area contributed by atoms with Crippen molar-refractivity contribution in [2.75, 3.05) is 31.6 Å². The van der Waals surface area contributed by atoms with Crippen LogP contribution in [-0.4, -0.2) is 52.0 Å². The fraction of sp³-hybridized carbons (Fsp3) is 0.533. The number of amides is 1. The second kappa shape index (κ2) is 8.68. The monoisotopic (exact) mass is 357 g/mol. The van der Waals surface area contributed by atoms with Gasteiger partial charge in [0.15, 0.2) is 0 Å². The van der Waals surface area contributed by atoms with Gasteiger partial charge in [-0.3, -0.25) is 4.79 Å². The lowest BCUT2D eigenvalue weighted by Gasteiger charge is -2.12. The van der Waals surface area contributed by atoms with Crippen molar-refractivity contribution in [3.8, 4) is 0 Å². The molecule has 128 valence electrons. The van der Waals surface area contributed by atoms with Gasteiger partial charge in [0.1, 0.15) is 0 Å². The maximum absolute atomic E-state index is 12.3. The number of thioether (sulfide) groups is 1. The third-order valence-corrected chi connectivity index (χ3v) is 5.78. The average molecular weight is 358 g/mol. The van der Waals surface area contributed by atoms with E-state index in [9.17, 15) is 13.2 Å². The normalized spacial score (nSPS) is 18.0. The van der Waals surface area contributed by atoms with Crippen LogP contribution < -0.4 is 15.4 Å². The van der Waals surface area contributed by atoms with E-state index < -0.39 is 10.0 Å². The van der Waals surface area contributed by atoms with E-state index in [4.69, 9.17) is 0 Å². The Morgan fingerprint density at radius 2 is 2.26 bits per heavy atom. The number of nitrogens with one attached hydrogen (secondary N) is 3. The summed E-state index contributed by atoms with van der Waals surface area (Å²) < 4.78 is 27.1. The number of benzene rings is 1. The molecule has 1 saturated heterocycles. The zero-order valence-electron chi connectivity index (χ0n) is 13.2. The van der Waals surface area contributed by atoms with Crippen molar-refractivity contribution in [3.05, 3.63) is 29.8 Å². The first-order valence-corrected chi connectivity index (χ1v) is 10.5. The van der Waals surface area contributed by atoms with Crippen LogP contribution in [0.1, 0.15) is 23.2 Å². The molecular weight excluding hydrogens is 334 g/mol. The Balaban J connectivity index is 2.01. The number of hydrogen-bond donors (Lipinski definition) is 3. The van der Waals surface area contributed by atoms with Crippen LogP contribution in [-0.2, 0) is 10.0 Å². The summed E-state index contributed by atoms with van der Waals surface area (Å²) in [5, 5.41) is 6.09. The first kappa shape index (κ1) is 18.3. The van der Waals surface area contributed by atoms with Gasteiger partial charge in [-0.05, 0) is 49.6 Å². The Bertz CT molecular complexity index is 629. The molecule has 0 aromatic heterocycles. The van der Waals surface area contributed by atoms with Crippen LogP contribution in [0, 0.1) is 0 Å². The molecule has 0 aliphatic carbocycles. The van der Waals surface area contributed by atoms with Crippen LogP contribution in [0.15, 0.2) is 29.2 Å². The summed E-state index contributed by atoms with van der Waals surface area (Å²) in [6.07, 6.45) is 3.65. The van der Waals surface area contributed by atoms with Crippen molar-refractivity contribution in [1.29, 1.82) is 0 Å². The van der Waals surface area contributed by atoms with Crippen molar-refractivity contribution in [2.24, 2.45) is 0 Å². The zero-order chi connectivity index (χ0) is 16.7. The predicted octanol–water partition coefficient (Wildman–Crippen LogP) is 0.810. The van der Waals surface area contributed by atoms with Gasteiger partial charge in [-0.2, -0.15) is 11.8 Å². The quantitative estimate of drug-likeness (QED) is 0.599. The van der Waals surface area contributed by atoms with Gasteiger partial charge in [0.25, 0.3) is 5.91 Å². The van der Waals surface area contributed by atoms with E-state index in [2.05, 4.69) is 15.4 Å². The molecule has 23 heavy (non-hydrogen) atoms.